The minimum Gasteiger partial charge on any atom is -0.335 e. The number of hydrogen-bond donors (Lipinski definition) is 1. The Hall–Kier alpha value is -1.31. The van der Waals surface area contributed by atoms with Crippen LogP contribution in [0.1, 0.15) is 55.3 Å². The molecule has 4 heteroatoms. The molecule has 1 aromatic rings. The molecular formula is C16H24N2OS. The zero-order valence-corrected chi connectivity index (χ0v) is 13.4. The SMILES string of the molecule is CCCCN(C(=O)c1sccc1C#CCN)C(C)CC. The van der Waals surface area contributed by atoms with Crippen molar-refractivity contribution in [2.45, 2.75) is 46.1 Å². The van der Waals surface area contributed by atoms with Gasteiger partial charge >= 0.3 is 0 Å². The van der Waals surface area contributed by atoms with E-state index in [1.807, 2.05) is 16.3 Å². The molecule has 0 saturated heterocycles. The van der Waals surface area contributed by atoms with E-state index in [9.17, 15) is 4.79 Å². The first-order valence-electron chi connectivity index (χ1n) is 7.23. The van der Waals surface area contributed by atoms with E-state index in [0.717, 1.165) is 36.2 Å². The Bertz CT molecular complexity index is 484. The molecule has 0 saturated carbocycles. The largest absolute Gasteiger partial charge is 0.335 e. The van der Waals surface area contributed by atoms with Crippen molar-refractivity contribution in [1.29, 1.82) is 0 Å². The highest BCUT2D eigenvalue weighted by molar-refractivity contribution is 7.12. The first-order chi connectivity index (χ1) is 9.65. The van der Waals surface area contributed by atoms with E-state index in [1.165, 1.54) is 11.3 Å². The third-order valence-corrected chi connectivity index (χ3v) is 4.22. The maximum absolute atomic E-state index is 12.7. The van der Waals surface area contributed by atoms with Crippen LogP contribution in [0, 0.1) is 11.8 Å². The van der Waals surface area contributed by atoms with Gasteiger partial charge in [0.05, 0.1) is 6.54 Å². The van der Waals surface area contributed by atoms with Gasteiger partial charge in [-0.15, -0.1) is 11.3 Å². The molecule has 0 aromatic carbocycles. The van der Waals surface area contributed by atoms with Gasteiger partial charge in [0, 0.05) is 18.2 Å². The van der Waals surface area contributed by atoms with Crippen molar-refractivity contribution >= 4 is 17.2 Å². The van der Waals surface area contributed by atoms with Crippen molar-refractivity contribution in [1.82, 2.24) is 4.90 Å². The van der Waals surface area contributed by atoms with E-state index in [1.54, 1.807) is 0 Å². The van der Waals surface area contributed by atoms with Gasteiger partial charge in [-0.05, 0) is 31.2 Å². The van der Waals surface area contributed by atoms with Crippen molar-refractivity contribution < 1.29 is 4.79 Å². The Morgan fingerprint density at radius 2 is 2.25 bits per heavy atom. The van der Waals surface area contributed by atoms with Crippen molar-refractivity contribution in [2.75, 3.05) is 13.1 Å². The molecule has 1 amide bonds. The number of thiophene rings is 1. The summed E-state index contributed by atoms with van der Waals surface area (Å²) in [6.45, 7) is 7.48. The summed E-state index contributed by atoms with van der Waals surface area (Å²) in [7, 11) is 0. The average molecular weight is 292 g/mol. The highest BCUT2D eigenvalue weighted by Crippen LogP contribution is 2.20. The van der Waals surface area contributed by atoms with E-state index in [2.05, 4.69) is 32.6 Å². The molecule has 0 radical (unpaired) electrons. The summed E-state index contributed by atoms with van der Waals surface area (Å²) < 4.78 is 0. The van der Waals surface area contributed by atoms with Gasteiger partial charge in [-0.2, -0.15) is 0 Å². The monoisotopic (exact) mass is 292 g/mol. The molecule has 1 rings (SSSR count). The Kier molecular flexibility index (Phi) is 7.35. The van der Waals surface area contributed by atoms with Crippen molar-refractivity contribution in [3.05, 3.63) is 21.9 Å². The van der Waals surface area contributed by atoms with E-state index in [4.69, 9.17) is 5.73 Å². The number of nitrogens with zero attached hydrogens (tertiary/aromatic N) is 1. The van der Waals surface area contributed by atoms with Crippen LogP contribution in [0.3, 0.4) is 0 Å². The number of unbranched alkanes of at least 4 members (excludes halogenated alkanes) is 1. The molecule has 110 valence electrons. The highest BCUT2D eigenvalue weighted by Gasteiger charge is 2.22. The van der Waals surface area contributed by atoms with E-state index in [-0.39, 0.29) is 11.9 Å². The number of rotatable bonds is 6. The standard InChI is InChI=1S/C16H24N2OS/c1-4-6-11-18(13(3)5-2)16(19)15-14(8-7-10-17)9-12-20-15/h9,12-13H,4-6,10-11,17H2,1-3H3. The zero-order chi connectivity index (χ0) is 15.0. The molecule has 0 bridgehead atoms. The lowest BCUT2D eigenvalue weighted by atomic mass is 10.1. The van der Waals surface area contributed by atoms with Gasteiger partial charge in [0.2, 0.25) is 0 Å². The number of carbonyl (C=O) groups is 1. The van der Waals surface area contributed by atoms with Crippen molar-refractivity contribution in [2.24, 2.45) is 5.73 Å². The Balaban J connectivity index is 2.96. The van der Waals surface area contributed by atoms with Crippen LogP contribution in [-0.2, 0) is 0 Å². The third-order valence-electron chi connectivity index (χ3n) is 3.32. The second kappa shape index (κ2) is 8.78. The summed E-state index contributed by atoms with van der Waals surface area (Å²) >= 11 is 1.46. The first-order valence-corrected chi connectivity index (χ1v) is 8.11. The van der Waals surface area contributed by atoms with Gasteiger partial charge in [0.25, 0.3) is 5.91 Å². The quantitative estimate of drug-likeness (QED) is 0.819. The second-order valence-electron chi connectivity index (χ2n) is 4.78. The summed E-state index contributed by atoms with van der Waals surface area (Å²) in [6, 6.07) is 2.15. The molecule has 1 atom stereocenters. The minimum absolute atomic E-state index is 0.101. The maximum atomic E-state index is 12.7. The summed E-state index contributed by atoms with van der Waals surface area (Å²) in [6.07, 6.45) is 3.08. The van der Waals surface area contributed by atoms with E-state index >= 15 is 0 Å². The van der Waals surface area contributed by atoms with E-state index < -0.39 is 0 Å². The van der Waals surface area contributed by atoms with Crippen LogP contribution in [0.2, 0.25) is 0 Å². The fourth-order valence-electron chi connectivity index (χ4n) is 1.92. The Morgan fingerprint density at radius 3 is 2.85 bits per heavy atom. The third kappa shape index (κ3) is 4.36. The van der Waals surface area contributed by atoms with E-state index in [0.29, 0.717) is 6.54 Å². The molecule has 1 unspecified atom stereocenters. The molecule has 0 aliphatic heterocycles. The molecule has 2 N–H and O–H groups in total. The van der Waals surface area contributed by atoms with Crippen LogP contribution in [-0.4, -0.2) is 29.9 Å². The predicted molar refractivity (Wildman–Crippen MR) is 85.9 cm³/mol. The van der Waals surface area contributed by atoms with Crippen molar-refractivity contribution in [3.63, 3.8) is 0 Å². The molecular weight excluding hydrogens is 268 g/mol. The van der Waals surface area contributed by atoms with Crippen LogP contribution in [0.4, 0.5) is 0 Å². The van der Waals surface area contributed by atoms with Crippen LogP contribution in [0.5, 0.6) is 0 Å². The second-order valence-corrected chi connectivity index (χ2v) is 5.69. The number of nitrogens with two attached hydrogens (primary N) is 1. The van der Waals surface area contributed by atoms with Crippen LogP contribution in [0.25, 0.3) is 0 Å². The summed E-state index contributed by atoms with van der Waals surface area (Å²) in [5, 5.41) is 1.92. The van der Waals surface area contributed by atoms with Crippen LogP contribution < -0.4 is 5.73 Å². The molecule has 3 nitrogen and oxygen atoms in total. The molecule has 0 aliphatic carbocycles. The van der Waals surface area contributed by atoms with Crippen LogP contribution in [0.15, 0.2) is 11.4 Å². The lowest BCUT2D eigenvalue weighted by Gasteiger charge is -2.28. The Labute approximate surface area is 126 Å². The summed E-state index contributed by atoms with van der Waals surface area (Å²) in [5.41, 5.74) is 6.20. The summed E-state index contributed by atoms with van der Waals surface area (Å²) in [5.74, 6) is 5.92. The molecule has 1 aromatic heterocycles. The number of carbonyl (C=O) groups excluding carboxylic acids is 1. The average Bonchev–Trinajstić information content (AvgIpc) is 2.93. The lowest BCUT2D eigenvalue weighted by Crippen LogP contribution is -2.39. The zero-order valence-electron chi connectivity index (χ0n) is 12.6. The first kappa shape index (κ1) is 16.7. The van der Waals surface area contributed by atoms with Gasteiger partial charge in [0.1, 0.15) is 4.88 Å². The van der Waals surface area contributed by atoms with Gasteiger partial charge in [-0.25, -0.2) is 0 Å². The normalized spacial score (nSPS) is 11.6. The van der Waals surface area contributed by atoms with Gasteiger partial charge in [0.15, 0.2) is 0 Å². The molecule has 0 aliphatic rings. The molecule has 0 fully saturated rings. The molecule has 1 heterocycles. The number of amides is 1. The highest BCUT2D eigenvalue weighted by atomic mass is 32.1. The maximum Gasteiger partial charge on any atom is 0.265 e. The molecule has 20 heavy (non-hydrogen) atoms. The fraction of sp³-hybridized carbons (Fsp3) is 0.562. The topological polar surface area (TPSA) is 46.3 Å². The smallest absolute Gasteiger partial charge is 0.265 e. The molecule has 0 spiro atoms. The van der Waals surface area contributed by atoms with Crippen LogP contribution >= 0.6 is 11.3 Å². The van der Waals surface area contributed by atoms with Crippen molar-refractivity contribution in [3.8, 4) is 11.8 Å². The van der Waals surface area contributed by atoms with Gasteiger partial charge in [-0.3, -0.25) is 4.79 Å². The van der Waals surface area contributed by atoms with Gasteiger partial charge < -0.3 is 10.6 Å². The Morgan fingerprint density at radius 1 is 1.50 bits per heavy atom. The summed E-state index contributed by atoms with van der Waals surface area (Å²) in [4.78, 5) is 15.4. The number of hydrogen-bond acceptors (Lipinski definition) is 3. The fourth-order valence-corrected chi connectivity index (χ4v) is 2.73. The minimum atomic E-state index is 0.101. The predicted octanol–water partition coefficient (Wildman–Crippen LogP) is 3.10. The lowest BCUT2D eigenvalue weighted by molar-refractivity contribution is 0.0690. The van der Waals surface area contributed by atoms with Gasteiger partial charge in [-0.1, -0.05) is 32.1 Å².